The van der Waals surface area contributed by atoms with E-state index in [9.17, 15) is 14.4 Å². The lowest BCUT2D eigenvalue weighted by molar-refractivity contribution is -0.138. The van der Waals surface area contributed by atoms with Crippen LogP contribution >= 0.6 is 0 Å². The molecule has 0 aliphatic heterocycles. The van der Waals surface area contributed by atoms with Crippen molar-refractivity contribution >= 4 is 18.0 Å². The Kier molecular flexibility index (Phi) is 7.89. The lowest BCUT2D eigenvalue weighted by atomic mass is 10.1. The van der Waals surface area contributed by atoms with Crippen molar-refractivity contribution in [1.82, 2.24) is 10.2 Å². The second-order valence-electron chi connectivity index (χ2n) is 6.68. The third-order valence-electron chi connectivity index (χ3n) is 3.18. The summed E-state index contributed by atoms with van der Waals surface area (Å²) in [5.41, 5.74) is 0.204. The van der Waals surface area contributed by atoms with E-state index in [0.717, 1.165) is 16.2 Å². The van der Waals surface area contributed by atoms with Gasteiger partial charge in [0.2, 0.25) is 5.91 Å². The van der Waals surface area contributed by atoms with Gasteiger partial charge in [0.1, 0.15) is 24.4 Å². The first-order valence-electron chi connectivity index (χ1n) is 8.20. The number of amides is 2. The number of hydrogen-bond donors (Lipinski definition) is 2. The number of carboxylic acids is 1. The summed E-state index contributed by atoms with van der Waals surface area (Å²) in [5.74, 6) is -0.952. The molecule has 0 heterocycles. The number of ether oxygens (including phenoxy) is 2. The number of methoxy groups -OCH3 is 1. The molecule has 1 aromatic rings. The molecule has 8 heteroatoms. The normalized spacial score (nSPS) is 10.8. The van der Waals surface area contributed by atoms with E-state index in [2.05, 4.69) is 5.32 Å². The van der Waals surface area contributed by atoms with Gasteiger partial charge in [-0.3, -0.25) is 14.5 Å². The Morgan fingerprint density at radius 2 is 1.88 bits per heavy atom. The van der Waals surface area contributed by atoms with Gasteiger partial charge in [-0.05, 0) is 44.9 Å². The Morgan fingerprint density at radius 1 is 1.19 bits per heavy atom. The van der Waals surface area contributed by atoms with Crippen LogP contribution in [0, 0.1) is 0 Å². The van der Waals surface area contributed by atoms with E-state index in [1.165, 1.54) is 0 Å². The minimum absolute atomic E-state index is 0.348. The number of nitrogens with one attached hydrogen (secondary N) is 1. The molecule has 1 aromatic carbocycles. The summed E-state index contributed by atoms with van der Waals surface area (Å²) in [6.45, 7) is 4.34. The lowest BCUT2D eigenvalue weighted by Crippen LogP contribution is -2.45. The number of hydrogen-bond acceptors (Lipinski definition) is 5. The summed E-state index contributed by atoms with van der Waals surface area (Å²) in [6, 6.07) is 7.45. The van der Waals surface area contributed by atoms with E-state index >= 15 is 0 Å². The SMILES string of the molecule is COc1cccc(CCNC(=O)CN(CC(=O)O)C(=O)OC(C)(C)C)c1. The van der Waals surface area contributed by atoms with Gasteiger partial charge in [0.25, 0.3) is 0 Å². The number of rotatable bonds is 8. The Labute approximate surface area is 153 Å². The molecule has 0 fully saturated rings. The average Bonchev–Trinajstić information content (AvgIpc) is 2.52. The maximum absolute atomic E-state index is 12.0. The molecule has 2 N–H and O–H groups in total. The summed E-state index contributed by atoms with van der Waals surface area (Å²) >= 11 is 0. The quantitative estimate of drug-likeness (QED) is 0.725. The van der Waals surface area contributed by atoms with Crippen molar-refractivity contribution in [3.63, 3.8) is 0 Å². The van der Waals surface area contributed by atoms with Gasteiger partial charge < -0.3 is 19.9 Å². The van der Waals surface area contributed by atoms with Gasteiger partial charge in [0, 0.05) is 6.54 Å². The van der Waals surface area contributed by atoms with Crippen molar-refractivity contribution in [2.75, 3.05) is 26.7 Å². The Hall–Kier alpha value is -2.77. The summed E-state index contributed by atoms with van der Waals surface area (Å²) in [5, 5.41) is 11.6. The van der Waals surface area contributed by atoms with Gasteiger partial charge >= 0.3 is 12.1 Å². The number of carbonyl (C=O) groups excluding carboxylic acids is 2. The van der Waals surface area contributed by atoms with Crippen LogP contribution in [0.15, 0.2) is 24.3 Å². The van der Waals surface area contributed by atoms with E-state index < -0.39 is 30.1 Å². The molecular formula is C18H26N2O6. The maximum Gasteiger partial charge on any atom is 0.411 e. The highest BCUT2D eigenvalue weighted by Crippen LogP contribution is 2.12. The molecule has 0 spiro atoms. The predicted octanol–water partition coefficient (Wildman–Crippen LogP) is 1.68. The van der Waals surface area contributed by atoms with Crippen LogP contribution in [0.25, 0.3) is 0 Å². The van der Waals surface area contributed by atoms with Gasteiger partial charge in [-0.1, -0.05) is 12.1 Å². The minimum Gasteiger partial charge on any atom is -0.497 e. The van der Waals surface area contributed by atoms with Crippen LogP contribution in [0.5, 0.6) is 5.75 Å². The van der Waals surface area contributed by atoms with Crippen LogP contribution in [0.4, 0.5) is 4.79 Å². The maximum atomic E-state index is 12.0. The fourth-order valence-corrected chi connectivity index (χ4v) is 2.08. The fraction of sp³-hybridized carbons (Fsp3) is 0.500. The van der Waals surface area contributed by atoms with Gasteiger partial charge in [-0.2, -0.15) is 0 Å². The fourth-order valence-electron chi connectivity index (χ4n) is 2.08. The van der Waals surface area contributed by atoms with Crippen molar-refractivity contribution in [1.29, 1.82) is 0 Å². The number of benzene rings is 1. The molecule has 26 heavy (non-hydrogen) atoms. The molecule has 0 saturated heterocycles. The molecule has 8 nitrogen and oxygen atoms in total. The highest BCUT2D eigenvalue weighted by molar-refractivity contribution is 5.84. The van der Waals surface area contributed by atoms with Gasteiger partial charge in [0.05, 0.1) is 7.11 Å². The van der Waals surface area contributed by atoms with Crippen molar-refractivity contribution in [2.45, 2.75) is 32.8 Å². The topological polar surface area (TPSA) is 105 Å². The second-order valence-corrected chi connectivity index (χ2v) is 6.68. The zero-order valence-electron chi connectivity index (χ0n) is 15.6. The summed E-state index contributed by atoms with van der Waals surface area (Å²) in [4.78, 5) is 35.9. The number of aliphatic carboxylic acids is 1. The molecule has 144 valence electrons. The molecule has 0 aliphatic carbocycles. The van der Waals surface area contributed by atoms with Crippen LogP contribution in [0.2, 0.25) is 0 Å². The van der Waals surface area contributed by atoms with E-state index in [1.807, 2.05) is 24.3 Å². The Bertz CT molecular complexity index is 639. The van der Waals surface area contributed by atoms with Crippen molar-refractivity contribution in [3.8, 4) is 5.75 Å². The highest BCUT2D eigenvalue weighted by Gasteiger charge is 2.25. The van der Waals surface area contributed by atoms with Crippen LogP contribution in [0.1, 0.15) is 26.3 Å². The minimum atomic E-state index is -1.22. The smallest absolute Gasteiger partial charge is 0.411 e. The van der Waals surface area contributed by atoms with E-state index in [4.69, 9.17) is 14.6 Å². The number of carbonyl (C=O) groups is 3. The zero-order valence-corrected chi connectivity index (χ0v) is 15.6. The first kappa shape index (κ1) is 21.3. The molecule has 0 bridgehead atoms. The number of carboxylic acid groups (broad SMARTS) is 1. The lowest BCUT2D eigenvalue weighted by Gasteiger charge is -2.26. The molecular weight excluding hydrogens is 340 g/mol. The monoisotopic (exact) mass is 366 g/mol. The third-order valence-corrected chi connectivity index (χ3v) is 3.18. The molecule has 0 unspecified atom stereocenters. The van der Waals surface area contributed by atoms with E-state index in [0.29, 0.717) is 13.0 Å². The van der Waals surface area contributed by atoms with Crippen LogP contribution < -0.4 is 10.1 Å². The van der Waals surface area contributed by atoms with Crippen LogP contribution in [-0.2, 0) is 20.7 Å². The summed E-state index contributed by atoms with van der Waals surface area (Å²) in [6.07, 6.45) is -0.267. The highest BCUT2D eigenvalue weighted by atomic mass is 16.6. The predicted molar refractivity (Wildman–Crippen MR) is 95.2 cm³/mol. The first-order chi connectivity index (χ1) is 12.1. The first-order valence-corrected chi connectivity index (χ1v) is 8.20. The molecule has 0 atom stereocenters. The van der Waals surface area contributed by atoms with Crippen LogP contribution in [0.3, 0.4) is 0 Å². The van der Waals surface area contributed by atoms with Gasteiger partial charge in [-0.25, -0.2) is 4.79 Å². The Morgan fingerprint density at radius 3 is 2.46 bits per heavy atom. The van der Waals surface area contributed by atoms with Crippen molar-refractivity contribution < 1.29 is 29.0 Å². The largest absolute Gasteiger partial charge is 0.497 e. The molecule has 1 rings (SSSR count). The number of nitrogens with zero attached hydrogens (tertiary/aromatic N) is 1. The summed E-state index contributed by atoms with van der Waals surface area (Å²) < 4.78 is 10.3. The molecule has 2 amide bonds. The van der Waals surface area contributed by atoms with Crippen LogP contribution in [-0.4, -0.2) is 60.3 Å². The van der Waals surface area contributed by atoms with Crippen molar-refractivity contribution in [2.24, 2.45) is 0 Å². The Balaban J connectivity index is 2.54. The van der Waals surface area contributed by atoms with E-state index in [-0.39, 0.29) is 6.54 Å². The molecule has 0 radical (unpaired) electrons. The van der Waals surface area contributed by atoms with Crippen molar-refractivity contribution in [3.05, 3.63) is 29.8 Å². The van der Waals surface area contributed by atoms with Gasteiger partial charge in [0.15, 0.2) is 0 Å². The average molecular weight is 366 g/mol. The van der Waals surface area contributed by atoms with Gasteiger partial charge in [-0.15, -0.1) is 0 Å². The molecule has 0 aromatic heterocycles. The standard InChI is InChI=1S/C18H26N2O6/c1-18(2,3)26-17(24)20(12-16(22)23)11-15(21)19-9-8-13-6-5-7-14(10-13)25-4/h5-7,10H,8-9,11-12H2,1-4H3,(H,19,21)(H,22,23). The second kappa shape index (κ2) is 9.65. The molecule has 0 aliphatic rings. The summed E-state index contributed by atoms with van der Waals surface area (Å²) in [7, 11) is 1.58. The third kappa shape index (κ3) is 8.36. The zero-order chi connectivity index (χ0) is 19.7. The van der Waals surface area contributed by atoms with E-state index in [1.54, 1.807) is 27.9 Å². The molecule has 0 saturated carbocycles.